The largest absolute Gasteiger partial charge is 0.500 e. The molecule has 0 aliphatic rings. The van der Waals surface area contributed by atoms with E-state index in [1.54, 1.807) is 0 Å². The van der Waals surface area contributed by atoms with Crippen LogP contribution in [0.3, 0.4) is 0 Å². The monoisotopic (exact) mass is 879 g/mol. The van der Waals surface area contributed by atoms with E-state index in [1.165, 1.54) is 55.3 Å². The third-order valence-electron chi connectivity index (χ3n) is 9.73. The zero-order chi connectivity index (χ0) is 36.8. The normalized spacial score (nSPS) is 11.7. The zero-order valence-corrected chi connectivity index (χ0v) is 36.1. The molecule has 7 aromatic rings. The van der Waals surface area contributed by atoms with Crippen LogP contribution < -0.4 is 5.19 Å². The van der Waals surface area contributed by atoms with Crippen molar-refractivity contribution in [3.63, 3.8) is 0 Å². The molecule has 0 atom stereocenters. The molecular weight excluding hydrogens is 829 g/mol. The first-order valence-corrected chi connectivity index (χ1v) is 21.4. The second kappa shape index (κ2) is 15.1. The van der Waals surface area contributed by atoms with E-state index in [1.807, 2.05) is 18.3 Å². The first kappa shape index (κ1) is 39.1. The van der Waals surface area contributed by atoms with E-state index in [4.69, 9.17) is 4.42 Å². The summed E-state index contributed by atoms with van der Waals surface area (Å²) in [5, 5.41) is 3.66. The molecule has 0 saturated carbocycles. The summed E-state index contributed by atoms with van der Waals surface area (Å²) in [4.78, 5) is 9.28. The van der Waals surface area contributed by atoms with E-state index in [0.29, 0.717) is 0 Å². The van der Waals surface area contributed by atoms with Crippen molar-refractivity contribution in [3.05, 3.63) is 136 Å². The van der Waals surface area contributed by atoms with Crippen LogP contribution in [0.4, 0.5) is 0 Å². The molecule has 0 spiro atoms. The third-order valence-corrected chi connectivity index (χ3v) is 11.9. The molecule has 0 fully saturated rings. The number of benzene rings is 4. The van der Waals surface area contributed by atoms with Crippen LogP contribution in [0.5, 0.6) is 0 Å². The van der Waals surface area contributed by atoms with Crippen LogP contribution in [0.15, 0.2) is 89.6 Å². The molecule has 0 aliphatic heterocycles. The number of hydrogen-bond donors (Lipinski definition) is 0. The van der Waals surface area contributed by atoms with Gasteiger partial charge in [0, 0.05) is 37.9 Å². The Hall–Kier alpha value is -4.15. The maximum absolute atomic E-state index is 6.24. The van der Waals surface area contributed by atoms with Gasteiger partial charge >= 0.3 is 0 Å². The summed E-state index contributed by atoms with van der Waals surface area (Å²) in [5.41, 5.74) is 17.4. The molecular formula is C47H50IrN2OSi-2. The van der Waals surface area contributed by atoms with E-state index in [9.17, 15) is 0 Å². The Morgan fingerprint density at radius 3 is 1.96 bits per heavy atom. The van der Waals surface area contributed by atoms with Crippen LogP contribution in [-0.2, 0) is 25.5 Å². The molecule has 0 unspecified atom stereocenters. The summed E-state index contributed by atoms with van der Waals surface area (Å²) >= 11 is 0. The zero-order valence-electron chi connectivity index (χ0n) is 32.7. The van der Waals surface area contributed by atoms with Crippen molar-refractivity contribution < 1.29 is 24.5 Å². The molecule has 0 N–H and O–H groups in total. The Kier molecular flexibility index (Phi) is 11.3. The smallest absolute Gasteiger partial charge is 0.121 e. The number of nitrogens with zero attached hydrogens (tertiary/aromatic N) is 2. The Bertz CT molecular complexity index is 2390. The molecule has 3 nitrogen and oxygen atoms in total. The fraction of sp³-hybridized carbons (Fsp3) is 0.277. The number of furan rings is 1. The predicted octanol–water partition coefficient (Wildman–Crippen LogP) is 12.4. The molecule has 3 aromatic heterocycles. The van der Waals surface area contributed by atoms with Crippen molar-refractivity contribution >= 4 is 35.2 Å². The average Bonchev–Trinajstić information content (AvgIpc) is 3.41. The maximum atomic E-state index is 6.24. The SMILES string of the molecule is Cc1c[c-]c(-c2cc(C)c([Si](C)(C)C)cn2)c(C)c1.Cc1cc(C)c(-c2ccc3c(c2)oc2c[c-]c(-c4cc(C(C)(C)C)ccn4)cc23)c(C)c1.[Ir]. The van der Waals surface area contributed by atoms with Crippen molar-refractivity contribution in [2.45, 2.75) is 87.4 Å². The van der Waals surface area contributed by atoms with Crippen molar-refractivity contribution in [2.75, 3.05) is 0 Å². The van der Waals surface area contributed by atoms with E-state index < -0.39 is 8.07 Å². The molecule has 0 amide bonds. The Morgan fingerprint density at radius 1 is 0.635 bits per heavy atom. The fourth-order valence-corrected chi connectivity index (χ4v) is 8.92. The first-order valence-electron chi connectivity index (χ1n) is 17.9. The summed E-state index contributed by atoms with van der Waals surface area (Å²) in [5.74, 6) is 0. The van der Waals surface area contributed by atoms with Gasteiger partial charge in [0.1, 0.15) is 5.58 Å². The number of fused-ring (bicyclic) bond motifs is 3. The number of aryl methyl sites for hydroxylation is 6. The van der Waals surface area contributed by atoms with Gasteiger partial charge in [-0.1, -0.05) is 107 Å². The van der Waals surface area contributed by atoms with Gasteiger partial charge in [-0.05, 0) is 89.6 Å². The Labute approximate surface area is 325 Å². The van der Waals surface area contributed by atoms with E-state index >= 15 is 0 Å². The van der Waals surface area contributed by atoms with Gasteiger partial charge in [-0.25, -0.2) is 0 Å². The van der Waals surface area contributed by atoms with Gasteiger partial charge in [0.25, 0.3) is 0 Å². The van der Waals surface area contributed by atoms with Gasteiger partial charge in [-0.2, -0.15) is 0 Å². The predicted molar refractivity (Wildman–Crippen MR) is 220 cm³/mol. The second-order valence-corrected chi connectivity index (χ2v) is 21.3. The maximum Gasteiger partial charge on any atom is 0.121 e. The van der Waals surface area contributed by atoms with E-state index in [2.05, 4.69) is 171 Å². The fourth-order valence-electron chi connectivity index (χ4n) is 7.21. The Morgan fingerprint density at radius 2 is 1.33 bits per heavy atom. The first-order chi connectivity index (χ1) is 24.0. The number of pyridine rings is 2. The minimum Gasteiger partial charge on any atom is -0.500 e. The molecule has 4 aromatic carbocycles. The van der Waals surface area contributed by atoms with Crippen LogP contribution >= 0.6 is 0 Å². The molecule has 0 aliphatic carbocycles. The van der Waals surface area contributed by atoms with E-state index in [-0.39, 0.29) is 25.5 Å². The number of aromatic nitrogens is 2. The molecule has 3 heterocycles. The van der Waals surface area contributed by atoms with Gasteiger partial charge in [0.05, 0.1) is 13.7 Å². The topological polar surface area (TPSA) is 38.9 Å². The number of hydrogen-bond acceptors (Lipinski definition) is 3. The van der Waals surface area contributed by atoms with Crippen LogP contribution in [0.25, 0.3) is 55.6 Å². The number of rotatable bonds is 4. The molecule has 269 valence electrons. The summed E-state index contributed by atoms with van der Waals surface area (Å²) in [6, 6.07) is 32.6. The van der Waals surface area contributed by atoms with Gasteiger partial charge in [0.2, 0.25) is 0 Å². The van der Waals surface area contributed by atoms with Gasteiger partial charge in [-0.15, -0.1) is 58.7 Å². The molecule has 52 heavy (non-hydrogen) atoms. The van der Waals surface area contributed by atoms with Crippen LogP contribution in [0, 0.1) is 53.7 Å². The molecule has 7 rings (SSSR count). The van der Waals surface area contributed by atoms with Gasteiger partial charge < -0.3 is 14.4 Å². The van der Waals surface area contributed by atoms with Crippen molar-refractivity contribution in [3.8, 4) is 33.6 Å². The Balaban J connectivity index is 0.000000225. The van der Waals surface area contributed by atoms with Crippen molar-refractivity contribution in [1.29, 1.82) is 0 Å². The van der Waals surface area contributed by atoms with Gasteiger partial charge in [-0.3, -0.25) is 0 Å². The van der Waals surface area contributed by atoms with Crippen molar-refractivity contribution in [1.82, 2.24) is 9.97 Å². The van der Waals surface area contributed by atoms with Crippen LogP contribution in [0.1, 0.15) is 59.7 Å². The summed E-state index contributed by atoms with van der Waals surface area (Å²) in [6.07, 6.45) is 3.96. The second-order valence-electron chi connectivity index (χ2n) is 16.3. The summed E-state index contributed by atoms with van der Waals surface area (Å²) in [7, 11) is -1.30. The summed E-state index contributed by atoms with van der Waals surface area (Å²) < 4.78 is 6.24. The third kappa shape index (κ3) is 8.23. The quantitative estimate of drug-likeness (QED) is 0.131. The minimum absolute atomic E-state index is 0. The standard InChI is InChI=1S/C30H28NO.C17H22NSi.Ir/c1-18-13-19(2)29(20(3)14-18)22-7-9-24-25-15-21(8-10-27(25)32-28(24)16-22)26-17-23(11-12-31-26)30(4,5)6;1-12-7-8-15(13(2)9-12)16-10-14(3)17(11-18-16)19(4,5)6;/h7,9-17H,1-6H3;7,9-11H,1-6H3;/q2*-1;. The van der Waals surface area contributed by atoms with E-state index in [0.717, 1.165) is 44.5 Å². The van der Waals surface area contributed by atoms with Crippen LogP contribution in [-0.4, -0.2) is 18.0 Å². The van der Waals surface area contributed by atoms with Crippen LogP contribution in [0.2, 0.25) is 19.6 Å². The molecule has 1 radical (unpaired) electrons. The molecule has 5 heteroatoms. The summed E-state index contributed by atoms with van der Waals surface area (Å²) in [6.45, 7) is 26.7. The van der Waals surface area contributed by atoms with Gasteiger partial charge in [0.15, 0.2) is 0 Å². The average molecular weight is 879 g/mol. The molecule has 0 saturated heterocycles. The molecule has 0 bridgehead atoms. The van der Waals surface area contributed by atoms with Crippen molar-refractivity contribution in [2.24, 2.45) is 0 Å². The minimum atomic E-state index is -1.30.